The van der Waals surface area contributed by atoms with Crippen LogP contribution in [0, 0.1) is 0 Å². The number of nitrogens with zero attached hydrogens (tertiary/aromatic N) is 1. The average molecular weight is 746 g/mol. The topological polar surface area (TPSA) is 16.4 Å². The summed E-state index contributed by atoms with van der Waals surface area (Å²) in [7, 11) is 0. The van der Waals surface area contributed by atoms with Crippen LogP contribution in [0.15, 0.2) is 217 Å². The van der Waals surface area contributed by atoms with Gasteiger partial charge >= 0.3 is 0 Å². The van der Waals surface area contributed by atoms with E-state index in [1.165, 1.54) is 31.3 Å². The van der Waals surface area contributed by atoms with E-state index in [0.29, 0.717) is 0 Å². The molecular weight excluding hydrogens is 711 g/mol. The molecule has 0 aliphatic carbocycles. The maximum Gasteiger partial charge on any atom is 0.159 e. The summed E-state index contributed by atoms with van der Waals surface area (Å²) in [4.78, 5) is 2.37. The quantitative estimate of drug-likeness (QED) is 0.162. The third-order valence-electron chi connectivity index (χ3n) is 11.1. The molecule has 0 fully saturated rings. The Morgan fingerprint density at radius 1 is 0.316 bits per heavy atom. The minimum absolute atomic E-state index is 0.849. The first-order chi connectivity index (χ1) is 28.2. The molecule has 57 heavy (non-hydrogen) atoms. The van der Waals surface area contributed by atoms with E-state index in [1.807, 2.05) is 11.3 Å². The molecule has 268 valence electrons. The Bertz CT molecular complexity index is 3160. The molecule has 0 bridgehead atoms. The molecule has 0 saturated heterocycles. The molecular formula is C54H35NOS. The van der Waals surface area contributed by atoms with Gasteiger partial charge < -0.3 is 9.32 Å². The number of rotatable bonds is 7. The monoisotopic (exact) mass is 745 g/mol. The van der Waals surface area contributed by atoms with Crippen molar-refractivity contribution >= 4 is 70.5 Å². The van der Waals surface area contributed by atoms with Gasteiger partial charge in [-0.1, -0.05) is 164 Å². The van der Waals surface area contributed by atoms with Crippen LogP contribution in [0.25, 0.3) is 86.6 Å². The summed E-state index contributed by atoms with van der Waals surface area (Å²) < 4.78 is 9.66. The van der Waals surface area contributed by atoms with Crippen molar-refractivity contribution in [3.8, 4) is 44.5 Å². The molecule has 0 unspecified atom stereocenters. The highest BCUT2D eigenvalue weighted by Crippen LogP contribution is 2.46. The van der Waals surface area contributed by atoms with Crippen LogP contribution in [0.4, 0.5) is 17.1 Å². The number of thiophene rings is 1. The predicted octanol–water partition coefficient (Wildman–Crippen LogP) is 16.1. The fraction of sp³-hybridized carbons (Fsp3) is 0. The van der Waals surface area contributed by atoms with Crippen LogP contribution >= 0.6 is 11.3 Å². The molecule has 0 saturated carbocycles. The second-order valence-corrected chi connectivity index (χ2v) is 15.6. The van der Waals surface area contributed by atoms with E-state index in [2.05, 4.69) is 217 Å². The van der Waals surface area contributed by atoms with Crippen molar-refractivity contribution in [2.45, 2.75) is 0 Å². The van der Waals surface area contributed by atoms with Crippen LogP contribution < -0.4 is 4.90 Å². The van der Waals surface area contributed by atoms with Gasteiger partial charge in [-0.3, -0.25) is 0 Å². The lowest BCUT2D eigenvalue weighted by Crippen LogP contribution is -2.10. The number of fused-ring (bicyclic) bond motifs is 6. The standard InChI is InChI=1S/C54H35NOS/c1-4-14-36(15-5-1)41-32-42(37-16-6-2-7-17-37)34-44(33-41)55(43-29-26-38(27-30-43)40-28-31-47-46-20-10-11-25-51(46)57-52(47)35-40)50-24-13-23-49-48-22-12-21-45(53(48)56-54(49)50)39-18-8-3-9-19-39/h1-35H. The molecule has 9 aromatic carbocycles. The van der Waals surface area contributed by atoms with Crippen LogP contribution in [-0.4, -0.2) is 0 Å². The van der Waals surface area contributed by atoms with Gasteiger partial charge in [-0.25, -0.2) is 0 Å². The second kappa shape index (κ2) is 13.8. The van der Waals surface area contributed by atoms with Gasteiger partial charge in [-0.05, 0) is 87.5 Å². The third-order valence-corrected chi connectivity index (χ3v) is 12.2. The van der Waals surface area contributed by atoms with Crippen LogP contribution in [0.5, 0.6) is 0 Å². The van der Waals surface area contributed by atoms with Crippen LogP contribution in [0.2, 0.25) is 0 Å². The first-order valence-electron chi connectivity index (χ1n) is 19.3. The van der Waals surface area contributed by atoms with Crippen molar-refractivity contribution in [1.29, 1.82) is 0 Å². The zero-order valence-electron chi connectivity index (χ0n) is 31.0. The van der Waals surface area contributed by atoms with Crippen LogP contribution in [0.1, 0.15) is 0 Å². The minimum atomic E-state index is 0.849. The highest BCUT2D eigenvalue weighted by Gasteiger charge is 2.22. The lowest BCUT2D eigenvalue weighted by atomic mass is 9.97. The fourth-order valence-electron chi connectivity index (χ4n) is 8.30. The highest BCUT2D eigenvalue weighted by molar-refractivity contribution is 7.25. The number of hydrogen-bond acceptors (Lipinski definition) is 3. The lowest BCUT2D eigenvalue weighted by molar-refractivity contribution is 0.670. The van der Waals surface area contributed by atoms with E-state index in [-0.39, 0.29) is 0 Å². The molecule has 0 N–H and O–H groups in total. The summed E-state index contributed by atoms with van der Waals surface area (Å²) in [6.45, 7) is 0. The molecule has 0 spiro atoms. The maximum atomic E-state index is 7.04. The molecule has 2 aromatic heterocycles. The van der Waals surface area contributed by atoms with Gasteiger partial charge in [-0.2, -0.15) is 0 Å². The number of furan rings is 1. The molecule has 11 rings (SSSR count). The Kier molecular flexibility index (Phi) is 8.04. The number of anilines is 3. The van der Waals surface area contributed by atoms with E-state index < -0.39 is 0 Å². The van der Waals surface area contributed by atoms with Crippen molar-refractivity contribution in [2.75, 3.05) is 4.90 Å². The molecule has 2 heterocycles. The zero-order chi connectivity index (χ0) is 37.7. The molecule has 2 nitrogen and oxygen atoms in total. The first kappa shape index (κ1) is 33.2. The summed E-state index contributed by atoms with van der Waals surface area (Å²) in [5, 5.41) is 4.81. The molecule has 0 radical (unpaired) electrons. The lowest BCUT2D eigenvalue weighted by Gasteiger charge is -2.27. The van der Waals surface area contributed by atoms with Crippen molar-refractivity contribution < 1.29 is 4.42 Å². The minimum Gasteiger partial charge on any atom is -0.453 e. The van der Waals surface area contributed by atoms with E-state index in [9.17, 15) is 0 Å². The highest BCUT2D eigenvalue weighted by atomic mass is 32.1. The average Bonchev–Trinajstić information content (AvgIpc) is 3.86. The number of para-hydroxylation sites is 2. The van der Waals surface area contributed by atoms with Gasteiger partial charge in [0.2, 0.25) is 0 Å². The van der Waals surface area contributed by atoms with Gasteiger partial charge in [-0.15, -0.1) is 11.3 Å². The molecule has 0 aliphatic rings. The van der Waals surface area contributed by atoms with Crippen LogP contribution in [0.3, 0.4) is 0 Å². The van der Waals surface area contributed by atoms with Gasteiger partial charge in [0.25, 0.3) is 0 Å². The second-order valence-electron chi connectivity index (χ2n) is 14.5. The Morgan fingerprint density at radius 2 is 0.860 bits per heavy atom. The summed E-state index contributed by atoms with van der Waals surface area (Å²) in [6.07, 6.45) is 0. The Labute approximate surface area is 335 Å². The van der Waals surface area contributed by atoms with Crippen molar-refractivity contribution in [2.24, 2.45) is 0 Å². The van der Waals surface area contributed by atoms with Crippen molar-refractivity contribution in [3.05, 3.63) is 212 Å². The summed E-state index contributed by atoms with van der Waals surface area (Å²) in [6, 6.07) is 76.3. The summed E-state index contributed by atoms with van der Waals surface area (Å²) in [5.74, 6) is 0. The fourth-order valence-corrected chi connectivity index (χ4v) is 9.44. The van der Waals surface area contributed by atoms with Gasteiger partial charge in [0.1, 0.15) is 5.58 Å². The predicted molar refractivity (Wildman–Crippen MR) is 243 cm³/mol. The van der Waals surface area contributed by atoms with Crippen molar-refractivity contribution in [1.82, 2.24) is 0 Å². The van der Waals surface area contributed by atoms with E-state index >= 15 is 0 Å². The molecule has 0 aliphatic heterocycles. The Balaban J connectivity index is 1.12. The summed E-state index contributed by atoms with van der Waals surface area (Å²) in [5.41, 5.74) is 14.0. The Hall–Kier alpha value is -7.20. The normalized spacial score (nSPS) is 11.5. The first-order valence-corrected chi connectivity index (χ1v) is 20.1. The van der Waals surface area contributed by atoms with Gasteiger partial charge in [0.05, 0.1) is 5.69 Å². The SMILES string of the molecule is c1ccc(-c2cc(-c3ccccc3)cc(N(c3ccc(-c4ccc5c(c4)sc4ccccc45)cc3)c3cccc4c3oc3c(-c5ccccc5)cccc34)c2)cc1. The zero-order valence-corrected chi connectivity index (χ0v) is 31.8. The van der Waals surface area contributed by atoms with E-state index in [1.54, 1.807) is 0 Å². The van der Waals surface area contributed by atoms with Crippen molar-refractivity contribution in [3.63, 3.8) is 0 Å². The molecule has 3 heteroatoms. The third kappa shape index (κ3) is 5.88. The van der Waals surface area contributed by atoms with Crippen LogP contribution in [-0.2, 0) is 0 Å². The largest absolute Gasteiger partial charge is 0.453 e. The number of benzene rings is 9. The maximum absolute atomic E-state index is 7.04. The van der Waals surface area contributed by atoms with E-state index in [4.69, 9.17) is 4.42 Å². The molecule has 0 amide bonds. The molecule has 11 aromatic rings. The smallest absolute Gasteiger partial charge is 0.159 e. The Morgan fingerprint density at radius 3 is 1.56 bits per heavy atom. The summed E-state index contributed by atoms with van der Waals surface area (Å²) >= 11 is 1.86. The molecule has 0 atom stereocenters. The van der Waals surface area contributed by atoms with Gasteiger partial charge in [0, 0.05) is 47.9 Å². The van der Waals surface area contributed by atoms with Gasteiger partial charge in [0.15, 0.2) is 5.58 Å². The number of hydrogen-bond donors (Lipinski definition) is 0. The van der Waals surface area contributed by atoms with E-state index in [0.717, 1.165) is 72.4 Å².